The number of carbonyl (C=O) groups is 1. The highest BCUT2D eigenvalue weighted by atomic mass is 16.5. The van der Waals surface area contributed by atoms with Gasteiger partial charge in [-0.1, -0.05) is 5.16 Å². The van der Waals surface area contributed by atoms with E-state index in [1.54, 1.807) is 13.2 Å². The highest BCUT2D eigenvalue weighted by Gasteiger charge is 2.34. The molecule has 0 N–H and O–H groups in total. The minimum Gasteiger partial charge on any atom is -0.496 e. The first kappa shape index (κ1) is 14.5. The molecule has 0 bridgehead atoms. The largest absolute Gasteiger partial charge is 0.496 e. The molecule has 0 unspecified atom stereocenters. The monoisotopic (exact) mass is 299 g/mol. The van der Waals surface area contributed by atoms with Gasteiger partial charge < -0.3 is 9.26 Å². The van der Waals surface area contributed by atoms with Crippen LogP contribution in [0.25, 0.3) is 17.2 Å². The van der Waals surface area contributed by atoms with Gasteiger partial charge >= 0.3 is 5.91 Å². The summed E-state index contributed by atoms with van der Waals surface area (Å²) in [6, 6.07) is 3.96. The standard InChI is InChI=1S/C17H19N2O3/c1-10-17(11(2)22-18-10)13-8-12-6-7-16(20)19(3,4)14(12)9-15(13)21-5/h6-9H,1-5H3/q+1. The number of benzene rings is 1. The van der Waals surface area contributed by atoms with Gasteiger partial charge in [-0.2, -0.15) is 0 Å². The topological polar surface area (TPSA) is 52.3 Å². The number of amides is 1. The van der Waals surface area contributed by atoms with Crippen LogP contribution in [0.5, 0.6) is 5.75 Å². The zero-order valence-electron chi connectivity index (χ0n) is 13.4. The Kier molecular flexibility index (Phi) is 3.18. The molecule has 1 aliphatic heterocycles. The normalized spacial score (nSPS) is 15.8. The fourth-order valence-electron chi connectivity index (χ4n) is 2.90. The number of methoxy groups -OCH3 is 1. The SMILES string of the molecule is COc1cc2c(cc1-c1c(C)noc1C)C=CC(=O)[N+]2(C)C. The van der Waals surface area contributed by atoms with Crippen molar-refractivity contribution in [3.05, 3.63) is 35.2 Å². The van der Waals surface area contributed by atoms with Gasteiger partial charge in [0.2, 0.25) is 0 Å². The van der Waals surface area contributed by atoms with Crippen LogP contribution >= 0.6 is 0 Å². The number of aryl methyl sites for hydroxylation is 2. The molecule has 0 saturated heterocycles. The van der Waals surface area contributed by atoms with Crippen molar-refractivity contribution in [2.75, 3.05) is 21.2 Å². The van der Waals surface area contributed by atoms with E-state index in [0.717, 1.165) is 33.8 Å². The molecule has 1 aliphatic rings. The molecule has 114 valence electrons. The lowest BCUT2D eigenvalue weighted by Crippen LogP contribution is -2.47. The van der Waals surface area contributed by atoms with Gasteiger partial charge in [0.05, 0.1) is 32.5 Å². The lowest BCUT2D eigenvalue weighted by Gasteiger charge is -2.30. The second-order valence-corrected chi connectivity index (χ2v) is 5.94. The summed E-state index contributed by atoms with van der Waals surface area (Å²) in [6.45, 7) is 3.79. The van der Waals surface area contributed by atoms with Gasteiger partial charge in [-0.05, 0) is 26.0 Å². The Morgan fingerprint density at radius 2 is 1.91 bits per heavy atom. The van der Waals surface area contributed by atoms with Crippen LogP contribution in [-0.4, -0.2) is 32.3 Å². The Morgan fingerprint density at radius 1 is 1.18 bits per heavy atom. The second kappa shape index (κ2) is 4.81. The van der Waals surface area contributed by atoms with Crippen molar-refractivity contribution in [3.63, 3.8) is 0 Å². The van der Waals surface area contributed by atoms with Crippen molar-refractivity contribution in [2.45, 2.75) is 13.8 Å². The Balaban J connectivity index is 2.29. The molecule has 22 heavy (non-hydrogen) atoms. The quantitative estimate of drug-likeness (QED) is 0.800. The van der Waals surface area contributed by atoms with E-state index in [2.05, 4.69) is 5.16 Å². The lowest BCUT2D eigenvalue weighted by atomic mass is 9.96. The van der Waals surface area contributed by atoms with Crippen molar-refractivity contribution < 1.29 is 14.1 Å². The Labute approximate surface area is 129 Å². The lowest BCUT2D eigenvalue weighted by molar-refractivity contribution is -0.123. The Hall–Kier alpha value is -2.40. The molecule has 2 aromatic rings. The summed E-state index contributed by atoms with van der Waals surface area (Å²) in [7, 11) is 5.38. The number of likely N-dealkylation sites (N-methyl/N-ethyl adjacent to an activating group) is 1. The van der Waals surface area contributed by atoms with Gasteiger partial charge in [0.25, 0.3) is 0 Å². The smallest absolute Gasteiger partial charge is 0.343 e. The van der Waals surface area contributed by atoms with Crippen molar-refractivity contribution >= 4 is 17.7 Å². The number of hydrogen-bond donors (Lipinski definition) is 0. The predicted octanol–water partition coefficient (Wildman–Crippen LogP) is 3.09. The summed E-state index contributed by atoms with van der Waals surface area (Å²) in [5.74, 6) is 1.50. The summed E-state index contributed by atoms with van der Waals surface area (Å²) in [5.41, 5.74) is 4.60. The minimum atomic E-state index is 0.0413. The number of fused-ring (bicyclic) bond motifs is 1. The van der Waals surface area contributed by atoms with Crippen LogP contribution in [-0.2, 0) is 4.79 Å². The summed E-state index contributed by atoms with van der Waals surface area (Å²) >= 11 is 0. The molecule has 1 aromatic carbocycles. The summed E-state index contributed by atoms with van der Waals surface area (Å²) in [4.78, 5) is 12.1. The molecule has 5 heteroatoms. The van der Waals surface area contributed by atoms with Crippen LogP contribution in [0.1, 0.15) is 17.0 Å². The molecule has 2 heterocycles. The number of hydrogen-bond acceptors (Lipinski definition) is 4. The molecular formula is C17H19N2O3+. The highest BCUT2D eigenvalue weighted by Crippen LogP contribution is 2.42. The molecule has 1 amide bonds. The number of carbonyl (C=O) groups excluding carboxylic acids is 1. The van der Waals surface area contributed by atoms with E-state index < -0.39 is 0 Å². The third kappa shape index (κ3) is 1.97. The van der Waals surface area contributed by atoms with Crippen molar-refractivity contribution in [1.82, 2.24) is 9.64 Å². The maximum Gasteiger partial charge on any atom is 0.343 e. The molecule has 0 fully saturated rings. The first-order valence-corrected chi connectivity index (χ1v) is 7.08. The predicted molar refractivity (Wildman–Crippen MR) is 85.6 cm³/mol. The van der Waals surface area contributed by atoms with E-state index in [1.165, 1.54) is 0 Å². The average Bonchev–Trinajstić information content (AvgIpc) is 2.81. The van der Waals surface area contributed by atoms with Crippen molar-refractivity contribution in [3.8, 4) is 16.9 Å². The van der Waals surface area contributed by atoms with E-state index in [9.17, 15) is 4.79 Å². The van der Waals surface area contributed by atoms with Gasteiger partial charge in [-0.25, -0.2) is 9.28 Å². The van der Waals surface area contributed by atoms with Gasteiger partial charge in [0.1, 0.15) is 11.5 Å². The molecule has 0 spiro atoms. The summed E-state index contributed by atoms with van der Waals surface area (Å²) in [5, 5.41) is 4.01. The van der Waals surface area contributed by atoms with E-state index in [4.69, 9.17) is 9.26 Å². The molecule has 0 atom stereocenters. The van der Waals surface area contributed by atoms with Crippen LogP contribution < -0.4 is 9.22 Å². The number of ether oxygens (including phenoxy) is 1. The number of aromatic nitrogens is 1. The molecule has 0 saturated carbocycles. The molecule has 5 nitrogen and oxygen atoms in total. The molecule has 3 rings (SSSR count). The fourth-order valence-corrected chi connectivity index (χ4v) is 2.90. The molecule has 0 aliphatic carbocycles. The first-order valence-electron chi connectivity index (χ1n) is 7.08. The average molecular weight is 299 g/mol. The maximum absolute atomic E-state index is 12.1. The van der Waals surface area contributed by atoms with E-state index in [-0.39, 0.29) is 10.4 Å². The van der Waals surface area contributed by atoms with Gasteiger partial charge in [0.15, 0.2) is 5.69 Å². The fraction of sp³-hybridized carbons (Fsp3) is 0.294. The van der Waals surface area contributed by atoms with E-state index in [0.29, 0.717) is 5.75 Å². The third-order valence-corrected chi connectivity index (χ3v) is 4.21. The molecule has 1 aromatic heterocycles. The summed E-state index contributed by atoms with van der Waals surface area (Å²) in [6.07, 6.45) is 3.47. The van der Waals surface area contributed by atoms with Crippen LogP contribution in [0.4, 0.5) is 5.69 Å². The van der Waals surface area contributed by atoms with Crippen LogP contribution in [0, 0.1) is 13.8 Å². The minimum absolute atomic E-state index is 0.0413. The van der Waals surface area contributed by atoms with Gasteiger partial charge in [-0.15, -0.1) is 0 Å². The second-order valence-electron chi connectivity index (χ2n) is 5.94. The van der Waals surface area contributed by atoms with Crippen LogP contribution in [0.15, 0.2) is 22.7 Å². The van der Waals surface area contributed by atoms with E-state index in [1.807, 2.05) is 46.2 Å². The highest BCUT2D eigenvalue weighted by molar-refractivity contribution is 6.05. The zero-order chi connectivity index (χ0) is 16.1. The third-order valence-electron chi connectivity index (χ3n) is 4.21. The number of nitrogens with zero attached hydrogens (tertiary/aromatic N) is 2. The Morgan fingerprint density at radius 3 is 2.50 bits per heavy atom. The van der Waals surface area contributed by atoms with Crippen molar-refractivity contribution in [1.29, 1.82) is 0 Å². The zero-order valence-corrected chi connectivity index (χ0v) is 13.4. The number of rotatable bonds is 2. The first-order chi connectivity index (χ1) is 10.4. The van der Waals surface area contributed by atoms with Crippen LogP contribution in [0.2, 0.25) is 0 Å². The Bertz CT molecular complexity index is 781. The van der Waals surface area contributed by atoms with Gasteiger partial charge in [-0.3, -0.25) is 0 Å². The van der Waals surface area contributed by atoms with Gasteiger partial charge in [0, 0.05) is 23.3 Å². The maximum atomic E-state index is 12.1. The van der Waals surface area contributed by atoms with E-state index >= 15 is 0 Å². The van der Waals surface area contributed by atoms with Crippen molar-refractivity contribution in [2.24, 2.45) is 0 Å². The summed E-state index contributed by atoms with van der Waals surface area (Å²) < 4.78 is 11.0. The number of quaternary nitrogens is 1. The molecular weight excluding hydrogens is 280 g/mol. The van der Waals surface area contributed by atoms with Crippen LogP contribution in [0.3, 0.4) is 0 Å². The molecule has 0 radical (unpaired) electrons.